The lowest BCUT2D eigenvalue weighted by molar-refractivity contribution is -0.118. The van der Waals surface area contributed by atoms with Crippen molar-refractivity contribution in [2.24, 2.45) is 0 Å². The van der Waals surface area contributed by atoms with E-state index in [4.69, 9.17) is 4.74 Å². The number of hydrogen-bond acceptors (Lipinski definition) is 4. The van der Waals surface area contributed by atoms with E-state index in [9.17, 15) is 13.2 Å². The second kappa shape index (κ2) is 9.75. The van der Waals surface area contributed by atoms with Gasteiger partial charge in [0.15, 0.2) is 6.61 Å². The Morgan fingerprint density at radius 1 is 0.938 bits per heavy atom. The number of hydrogen-bond donors (Lipinski definition) is 2. The van der Waals surface area contributed by atoms with E-state index in [1.807, 2.05) is 18.2 Å². The van der Waals surface area contributed by atoms with E-state index in [2.05, 4.69) is 46.7 Å². The van der Waals surface area contributed by atoms with Gasteiger partial charge >= 0.3 is 0 Å². The van der Waals surface area contributed by atoms with Gasteiger partial charge < -0.3 is 10.1 Å². The minimum absolute atomic E-state index is 0.00861. The van der Waals surface area contributed by atoms with Crippen LogP contribution in [0.5, 0.6) is 5.75 Å². The average Bonchev–Trinajstić information content (AvgIpc) is 2.73. The third-order valence-electron chi connectivity index (χ3n) is 4.63. The number of carbonyl (C=O) groups is 1. The summed E-state index contributed by atoms with van der Waals surface area (Å²) >= 11 is 3.49. The van der Waals surface area contributed by atoms with E-state index in [-0.39, 0.29) is 22.8 Å². The summed E-state index contributed by atoms with van der Waals surface area (Å²) in [5.41, 5.74) is 2.11. The molecule has 1 amide bonds. The van der Waals surface area contributed by atoms with Gasteiger partial charge in [0.2, 0.25) is 0 Å². The Kier molecular flexibility index (Phi) is 7.26. The zero-order valence-electron chi connectivity index (χ0n) is 18.1. The molecule has 8 heteroatoms. The highest BCUT2D eigenvalue weighted by Gasteiger charge is 2.16. The molecular formula is C24H25BrN2O4S. The number of carbonyl (C=O) groups excluding carboxylic acids is 1. The van der Waals surface area contributed by atoms with Crippen LogP contribution < -0.4 is 14.8 Å². The molecule has 0 aliphatic rings. The number of para-hydroxylation sites is 1. The Hall–Kier alpha value is -2.84. The molecule has 0 bridgehead atoms. The van der Waals surface area contributed by atoms with Gasteiger partial charge in [0.25, 0.3) is 15.9 Å². The summed E-state index contributed by atoms with van der Waals surface area (Å²) in [6.45, 7) is 6.19. The van der Waals surface area contributed by atoms with Crippen molar-refractivity contribution in [1.82, 2.24) is 0 Å². The molecule has 0 aliphatic heterocycles. The number of ether oxygens (including phenoxy) is 1. The van der Waals surface area contributed by atoms with E-state index >= 15 is 0 Å². The van der Waals surface area contributed by atoms with E-state index in [1.165, 1.54) is 24.3 Å². The summed E-state index contributed by atoms with van der Waals surface area (Å²) in [6, 6.07) is 20.4. The Labute approximate surface area is 197 Å². The van der Waals surface area contributed by atoms with Gasteiger partial charge in [-0.1, -0.05) is 45.0 Å². The molecule has 3 aromatic rings. The van der Waals surface area contributed by atoms with Gasteiger partial charge in [-0.15, -0.1) is 0 Å². The summed E-state index contributed by atoms with van der Waals surface area (Å²) in [4.78, 5) is 12.4. The maximum atomic E-state index is 12.5. The minimum atomic E-state index is -3.72. The summed E-state index contributed by atoms with van der Waals surface area (Å²) in [5, 5.41) is 2.70. The SMILES string of the molecule is CC(C)(C)c1ccc(OCC(=O)Nc2ccc(S(=O)(=O)Nc3ccccc3)cc2)c(Br)c1. The first-order valence-electron chi connectivity index (χ1n) is 9.95. The molecule has 0 spiro atoms. The molecule has 0 unspecified atom stereocenters. The predicted molar refractivity (Wildman–Crippen MR) is 131 cm³/mol. The second-order valence-corrected chi connectivity index (χ2v) is 10.8. The molecule has 0 radical (unpaired) electrons. The van der Waals surface area contributed by atoms with Crippen molar-refractivity contribution in [3.05, 3.63) is 82.8 Å². The monoisotopic (exact) mass is 516 g/mol. The van der Waals surface area contributed by atoms with E-state index in [0.29, 0.717) is 17.1 Å². The number of halogens is 1. The van der Waals surface area contributed by atoms with E-state index < -0.39 is 10.0 Å². The summed E-state index contributed by atoms with van der Waals surface area (Å²) in [7, 11) is -3.72. The first kappa shape index (κ1) is 23.8. The Morgan fingerprint density at radius 3 is 2.19 bits per heavy atom. The fourth-order valence-electron chi connectivity index (χ4n) is 2.86. The number of benzene rings is 3. The van der Waals surface area contributed by atoms with Gasteiger partial charge in [-0.2, -0.15) is 0 Å². The lowest BCUT2D eigenvalue weighted by Gasteiger charge is -2.20. The van der Waals surface area contributed by atoms with Crippen molar-refractivity contribution in [3.63, 3.8) is 0 Å². The first-order chi connectivity index (χ1) is 15.0. The van der Waals surface area contributed by atoms with Crippen molar-refractivity contribution < 1.29 is 17.9 Å². The van der Waals surface area contributed by atoms with Crippen LogP contribution in [0, 0.1) is 0 Å². The quantitative estimate of drug-likeness (QED) is 0.430. The van der Waals surface area contributed by atoms with E-state index in [1.54, 1.807) is 30.3 Å². The Balaban J connectivity index is 1.58. The van der Waals surface area contributed by atoms with Gasteiger partial charge in [-0.25, -0.2) is 8.42 Å². The van der Waals surface area contributed by atoms with Crippen molar-refractivity contribution in [3.8, 4) is 5.75 Å². The molecule has 32 heavy (non-hydrogen) atoms. The van der Waals surface area contributed by atoms with Crippen molar-refractivity contribution >= 4 is 43.2 Å². The number of anilines is 2. The largest absolute Gasteiger partial charge is 0.483 e. The molecule has 2 N–H and O–H groups in total. The van der Waals surface area contributed by atoms with Crippen molar-refractivity contribution in [2.45, 2.75) is 31.1 Å². The van der Waals surface area contributed by atoms with Gasteiger partial charge in [0.1, 0.15) is 5.75 Å². The van der Waals surface area contributed by atoms with Crippen LogP contribution in [0.2, 0.25) is 0 Å². The first-order valence-corrected chi connectivity index (χ1v) is 12.2. The molecular weight excluding hydrogens is 492 g/mol. The van der Waals surface area contributed by atoms with Crippen molar-refractivity contribution in [1.29, 1.82) is 0 Å². The van der Waals surface area contributed by atoms with Crippen LogP contribution in [0.15, 0.2) is 82.2 Å². The highest BCUT2D eigenvalue weighted by atomic mass is 79.9. The number of nitrogens with one attached hydrogen (secondary N) is 2. The molecule has 0 aromatic heterocycles. The maximum Gasteiger partial charge on any atom is 0.262 e. The summed E-state index contributed by atoms with van der Waals surface area (Å²) < 4.78 is 33.9. The van der Waals surface area contributed by atoms with Crippen LogP contribution in [0.3, 0.4) is 0 Å². The molecule has 3 aromatic carbocycles. The smallest absolute Gasteiger partial charge is 0.262 e. The van der Waals surface area contributed by atoms with Crippen molar-refractivity contribution in [2.75, 3.05) is 16.6 Å². The van der Waals surface area contributed by atoms with Gasteiger partial charge in [-0.05, 0) is 75.4 Å². The number of rotatable bonds is 7. The standard InChI is InChI=1S/C24H25BrN2O4S/c1-24(2,3)17-9-14-22(21(25)15-17)31-16-23(28)26-18-10-12-20(13-11-18)32(29,30)27-19-7-5-4-6-8-19/h4-15,27H,16H2,1-3H3,(H,26,28). The van der Waals surface area contributed by atoms with Crippen LogP contribution in [0.1, 0.15) is 26.3 Å². The highest BCUT2D eigenvalue weighted by molar-refractivity contribution is 9.10. The molecule has 3 rings (SSSR count). The fraction of sp³-hybridized carbons (Fsp3) is 0.208. The average molecular weight is 517 g/mol. The van der Waals surface area contributed by atoms with Crippen LogP contribution in [0.4, 0.5) is 11.4 Å². The van der Waals surface area contributed by atoms with Crippen LogP contribution in [0.25, 0.3) is 0 Å². The summed E-state index contributed by atoms with van der Waals surface area (Å²) in [6.07, 6.45) is 0. The predicted octanol–water partition coefficient (Wildman–Crippen LogP) is 5.56. The van der Waals surface area contributed by atoms with Crippen LogP contribution in [-0.2, 0) is 20.2 Å². The van der Waals surface area contributed by atoms with Crippen LogP contribution in [-0.4, -0.2) is 20.9 Å². The van der Waals surface area contributed by atoms with Gasteiger partial charge in [0, 0.05) is 11.4 Å². The lowest BCUT2D eigenvalue weighted by atomic mass is 9.87. The zero-order chi connectivity index (χ0) is 23.4. The molecule has 0 fully saturated rings. The van der Waals surface area contributed by atoms with Crippen LogP contribution >= 0.6 is 15.9 Å². The Morgan fingerprint density at radius 2 is 1.59 bits per heavy atom. The Bertz CT molecular complexity index is 1190. The second-order valence-electron chi connectivity index (χ2n) is 8.23. The maximum absolute atomic E-state index is 12.5. The zero-order valence-corrected chi connectivity index (χ0v) is 20.5. The third-order valence-corrected chi connectivity index (χ3v) is 6.65. The molecule has 168 valence electrons. The van der Waals surface area contributed by atoms with Gasteiger partial charge in [-0.3, -0.25) is 9.52 Å². The fourth-order valence-corrected chi connectivity index (χ4v) is 4.41. The topological polar surface area (TPSA) is 84.5 Å². The number of amides is 1. The molecule has 0 saturated carbocycles. The highest BCUT2D eigenvalue weighted by Crippen LogP contribution is 2.31. The number of sulfonamides is 1. The normalized spacial score (nSPS) is 11.6. The molecule has 0 aliphatic carbocycles. The molecule has 0 heterocycles. The molecule has 6 nitrogen and oxygen atoms in total. The minimum Gasteiger partial charge on any atom is -0.483 e. The van der Waals surface area contributed by atoms with E-state index in [0.717, 1.165) is 10.0 Å². The van der Waals surface area contributed by atoms with Gasteiger partial charge in [0.05, 0.1) is 9.37 Å². The lowest BCUT2D eigenvalue weighted by Crippen LogP contribution is -2.20. The molecule has 0 atom stereocenters. The third kappa shape index (κ3) is 6.34. The molecule has 0 saturated heterocycles. The summed E-state index contributed by atoms with van der Waals surface area (Å²) in [5.74, 6) is 0.219.